The Morgan fingerprint density at radius 2 is 1.84 bits per heavy atom. The fourth-order valence-corrected chi connectivity index (χ4v) is 6.82. The summed E-state index contributed by atoms with van der Waals surface area (Å²) < 4.78 is 31.5. The van der Waals surface area contributed by atoms with Crippen molar-refractivity contribution in [2.45, 2.75) is 77.6 Å². The average molecular weight is 448 g/mol. The van der Waals surface area contributed by atoms with Crippen LogP contribution in [0.25, 0.3) is 0 Å². The summed E-state index contributed by atoms with van der Waals surface area (Å²) in [6.07, 6.45) is 12.1. The lowest BCUT2D eigenvalue weighted by molar-refractivity contribution is -0.000768. The second kappa shape index (κ2) is 8.76. The standard InChI is InChI=1S/C25H37NO4S/c1-4-25(14-18-10-17(2)11-19(12-18)15-25)16-30-23-9-8-21(24(27)26-31(3,28)29)13-22(23)20-6-5-7-20/h8-9,13,17-20H,4-7,10-12,14-16H2,1-3H3,(H,26,27). The molecule has 0 aliphatic heterocycles. The van der Waals surface area contributed by atoms with Gasteiger partial charge in [-0.3, -0.25) is 4.79 Å². The number of benzene rings is 1. The molecule has 3 fully saturated rings. The van der Waals surface area contributed by atoms with Gasteiger partial charge < -0.3 is 4.74 Å². The molecule has 1 N–H and O–H groups in total. The second-order valence-corrected chi connectivity index (χ2v) is 12.4. The molecule has 0 aromatic heterocycles. The Morgan fingerprint density at radius 1 is 1.16 bits per heavy atom. The fourth-order valence-electron chi connectivity index (χ4n) is 6.37. The maximum absolute atomic E-state index is 12.4. The van der Waals surface area contributed by atoms with Gasteiger partial charge in [-0.25, -0.2) is 13.1 Å². The SMILES string of the molecule is CCC1(COc2ccc(C(=O)NS(C)(=O)=O)cc2C2CCC2)CC2CC(C)CC(C2)C1. The Kier molecular flexibility index (Phi) is 6.39. The molecule has 5 nitrogen and oxygen atoms in total. The van der Waals surface area contributed by atoms with Gasteiger partial charge in [0.05, 0.1) is 12.9 Å². The first-order valence-electron chi connectivity index (χ1n) is 12.0. The minimum absolute atomic E-state index is 0.247. The van der Waals surface area contributed by atoms with Gasteiger partial charge in [-0.15, -0.1) is 0 Å². The molecular formula is C25H37NO4S. The number of sulfonamides is 1. The first kappa shape index (κ1) is 22.6. The highest BCUT2D eigenvalue weighted by atomic mass is 32.2. The van der Waals surface area contributed by atoms with Crippen LogP contribution in [0.15, 0.2) is 18.2 Å². The summed E-state index contributed by atoms with van der Waals surface area (Å²) in [5.41, 5.74) is 1.69. The van der Waals surface area contributed by atoms with E-state index in [4.69, 9.17) is 4.74 Å². The number of carbonyl (C=O) groups is 1. The summed E-state index contributed by atoms with van der Waals surface area (Å²) in [4.78, 5) is 12.4. The molecule has 1 aromatic carbocycles. The molecule has 3 aliphatic carbocycles. The van der Waals surface area contributed by atoms with E-state index >= 15 is 0 Å². The van der Waals surface area contributed by atoms with Crippen molar-refractivity contribution < 1.29 is 17.9 Å². The van der Waals surface area contributed by atoms with E-state index < -0.39 is 15.9 Å². The third-order valence-corrected chi connectivity index (χ3v) is 8.52. The van der Waals surface area contributed by atoms with Crippen LogP contribution in [0, 0.1) is 23.2 Å². The number of hydrogen-bond donors (Lipinski definition) is 1. The zero-order valence-corrected chi connectivity index (χ0v) is 20.0. The summed E-state index contributed by atoms with van der Waals surface area (Å²) in [6.45, 7) is 5.44. The molecule has 172 valence electrons. The van der Waals surface area contributed by atoms with E-state index in [1.165, 1.54) is 38.5 Å². The maximum atomic E-state index is 12.4. The molecule has 0 heterocycles. The third-order valence-electron chi connectivity index (χ3n) is 7.96. The van der Waals surface area contributed by atoms with Gasteiger partial charge in [0.1, 0.15) is 5.75 Å². The molecule has 6 heteroatoms. The van der Waals surface area contributed by atoms with Gasteiger partial charge in [0, 0.05) is 11.0 Å². The monoisotopic (exact) mass is 447 g/mol. The number of amides is 1. The lowest BCUT2D eigenvalue weighted by Gasteiger charge is -2.48. The maximum Gasteiger partial charge on any atom is 0.264 e. The molecule has 2 atom stereocenters. The van der Waals surface area contributed by atoms with Crippen LogP contribution in [-0.2, 0) is 10.0 Å². The number of nitrogens with one attached hydrogen (secondary N) is 1. The smallest absolute Gasteiger partial charge is 0.264 e. The van der Waals surface area contributed by atoms with Crippen molar-refractivity contribution >= 4 is 15.9 Å². The highest BCUT2D eigenvalue weighted by molar-refractivity contribution is 7.89. The van der Waals surface area contributed by atoms with Crippen LogP contribution in [0.2, 0.25) is 0 Å². The first-order chi connectivity index (χ1) is 14.7. The Morgan fingerprint density at radius 3 is 2.39 bits per heavy atom. The van der Waals surface area contributed by atoms with E-state index in [1.807, 2.05) is 12.1 Å². The lowest BCUT2D eigenvalue weighted by Crippen LogP contribution is -2.41. The minimum atomic E-state index is -3.58. The third kappa shape index (κ3) is 5.27. The molecular weight excluding hydrogens is 410 g/mol. The Labute approximate surface area is 187 Å². The van der Waals surface area contributed by atoms with Crippen LogP contribution in [0.5, 0.6) is 5.75 Å². The van der Waals surface area contributed by atoms with Crippen LogP contribution in [0.3, 0.4) is 0 Å². The Bertz CT molecular complexity index is 903. The molecule has 0 radical (unpaired) electrons. The van der Waals surface area contributed by atoms with E-state index in [9.17, 15) is 13.2 Å². The molecule has 1 aromatic rings. The lowest BCUT2D eigenvalue weighted by atomic mass is 9.58. The van der Waals surface area contributed by atoms with Crippen molar-refractivity contribution in [3.8, 4) is 5.75 Å². The van der Waals surface area contributed by atoms with Crippen LogP contribution in [0.1, 0.15) is 93.5 Å². The highest BCUT2D eigenvalue weighted by Gasteiger charge is 2.43. The van der Waals surface area contributed by atoms with Gasteiger partial charge in [0.15, 0.2) is 0 Å². The van der Waals surface area contributed by atoms with Gasteiger partial charge in [0.25, 0.3) is 5.91 Å². The number of rotatable bonds is 7. The summed E-state index contributed by atoms with van der Waals surface area (Å²) >= 11 is 0. The van der Waals surface area contributed by atoms with E-state index in [1.54, 1.807) is 6.07 Å². The van der Waals surface area contributed by atoms with Crippen LogP contribution >= 0.6 is 0 Å². The van der Waals surface area contributed by atoms with Gasteiger partial charge in [-0.1, -0.05) is 20.3 Å². The van der Waals surface area contributed by atoms with Gasteiger partial charge in [0.2, 0.25) is 10.0 Å². The predicted molar refractivity (Wildman–Crippen MR) is 123 cm³/mol. The van der Waals surface area contributed by atoms with Crippen LogP contribution < -0.4 is 9.46 Å². The number of ether oxygens (including phenoxy) is 1. The zero-order valence-electron chi connectivity index (χ0n) is 19.2. The summed E-state index contributed by atoms with van der Waals surface area (Å²) in [6, 6.07) is 5.41. The molecule has 0 saturated heterocycles. The molecule has 2 bridgehead atoms. The van der Waals surface area contributed by atoms with E-state index in [2.05, 4.69) is 18.6 Å². The molecule has 3 saturated carbocycles. The van der Waals surface area contributed by atoms with Crippen LogP contribution in [-0.4, -0.2) is 27.2 Å². The zero-order chi connectivity index (χ0) is 22.2. The van der Waals surface area contributed by atoms with Gasteiger partial charge >= 0.3 is 0 Å². The number of fused-ring (bicyclic) bond motifs is 2. The Hall–Kier alpha value is -1.56. The van der Waals surface area contributed by atoms with Crippen molar-refractivity contribution in [3.05, 3.63) is 29.3 Å². The van der Waals surface area contributed by atoms with E-state index in [0.29, 0.717) is 11.5 Å². The highest BCUT2D eigenvalue weighted by Crippen LogP contribution is 2.52. The average Bonchev–Trinajstić information content (AvgIpc) is 2.63. The van der Waals surface area contributed by atoms with Crippen molar-refractivity contribution in [3.63, 3.8) is 0 Å². The molecule has 1 amide bonds. The largest absolute Gasteiger partial charge is 0.493 e. The Balaban J connectivity index is 1.51. The van der Waals surface area contributed by atoms with Crippen LogP contribution in [0.4, 0.5) is 0 Å². The topological polar surface area (TPSA) is 72.5 Å². The summed E-state index contributed by atoms with van der Waals surface area (Å²) in [7, 11) is -3.58. The van der Waals surface area contributed by atoms with Gasteiger partial charge in [-0.2, -0.15) is 0 Å². The molecule has 31 heavy (non-hydrogen) atoms. The normalized spacial score (nSPS) is 31.0. The van der Waals surface area contributed by atoms with Crippen molar-refractivity contribution in [2.24, 2.45) is 23.2 Å². The van der Waals surface area contributed by atoms with E-state index in [-0.39, 0.29) is 5.41 Å². The summed E-state index contributed by atoms with van der Waals surface area (Å²) in [5, 5.41) is 0. The first-order valence-corrected chi connectivity index (χ1v) is 13.8. The van der Waals surface area contributed by atoms with Crippen molar-refractivity contribution in [1.29, 1.82) is 0 Å². The van der Waals surface area contributed by atoms with E-state index in [0.717, 1.165) is 61.2 Å². The quantitative estimate of drug-likeness (QED) is 0.618. The molecule has 2 unspecified atom stereocenters. The van der Waals surface area contributed by atoms with Crippen molar-refractivity contribution in [1.82, 2.24) is 4.72 Å². The van der Waals surface area contributed by atoms with Crippen molar-refractivity contribution in [2.75, 3.05) is 12.9 Å². The molecule has 0 spiro atoms. The predicted octanol–water partition coefficient (Wildman–Crippen LogP) is 5.26. The molecule has 4 rings (SSSR count). The van der Waals surface area contributed by atoms with Gasteiger partial charge in [-0.05, 0) is 98.8 Å². The minimum Gasteiger partial charge on any atom is -0.493 e. The summed E-state index contributed by atoms with van der Waals surface area (Å²) in [5.74, 6) is 3.21. The fraction of sp³-hybridized carbons (Fsp3) is 0.720. The molecule has 3 aliphatic rings. The number of hydrogen-bond acceptors (Lipinski definition) is 4. The number of carbonyl (C=O) groups excluding carboxylic acids is 1. The second-order valence-electron chi connectivity index (χ2n) is 10.7.